The maximum absolute atomic E-state index is 12.4. The quantitative estimate of drug-likeness (QED) is 0.680. The predicted octanol–water partition coefficient (Wildman–Crippen LogP) is 3.96. The lowest BCUT2D eigenvalue weighted by atomic mass is 9.90. The van der Waals surface area contributed by atoms with Crippen LogP contribution in [0.2, 0.25) is 5.02 Å². The number of hydrogen-bond donors (Lipinski definition) is 1. The van der Waals surface area contributed by atoms with Crippen molar-refractivity contribution in [3.63, 3.8) is 0 Å². The van der Waals surface area contributed by atoms with Crippen LogP contribution in [-0.2, 0) is 6.42 Å². The summed E-state index contributed by atoms with van der Waals surface area (Å²) < 4.78 is 5.51. The topological polar surface area (TPSA) is 85.4 Å². The van der Waals surface area contributed by atoms with Gasteiger partial charge in [0.05, 0.1) is 17.2 Å². The second kappa shape index (κ2) is 6.04. The number of aryl methyl sites for hydroxylation is 2. The molecule has 6 nitrogen and oxygen atoms in total. The Balaban J connectivity index is 1.85. The summed E-state index contributed by atoms with van der Waals surface area (Å²) in [6, 6.07) is 3.91. The van der Waals surface area contributed by atoms with Gasteiger partial charge in [0.1, 0.15) is 10.8 Å². The number of nitrogens with one attached hydrogen (secondary N) is 1. The molecular formula is C16H15ClN2O4. The second-order valence-electron chi connectivity index (χ2n) is 5.60. The lowest BCUT2D eigenvalue weighted by Gasteiger charge is -2.23. The van der Waals surface area contributed by atoms with Gasteiger partial charge in [-0.05, 0) is 37.5 Å². The van der Waals surface area contributed by atoms with Gasteiger partial charge in [0.2, 0.25) is 0 Å². The highest BCUT2D eigenvalue weighted by molar-refractivity contribution is 6.32. The van der Waals surface area contributed by atoms with Crippen LogP contribution in [0.25, 0.3) is 0 Å². The van der Waals surface area contributed by atoms with Gasteiger partial charge in [0.15, 0.2) is 0 Å². The minimum Gasteiger partial charge on any atom is -0.469 e. The molecule has 1 aromatic carbocycles. The van der Waals surface area contributed by atoms with Crippen molar-refractivity contribution < 1.29 is 14.1 Å². The summed E-state index contributed by atoms with van der Waals surface area (Å²) in [5, 5.41) is 13.9. The van der Waals surface area contributed by atoms with Gasteiger partial charge in [-0.2, -0.15) is 0 Å². The van der Waals surface area contributed by atoms with Crippen LogP contribution in [-0.4, -0.2) is 10.8 Å². The van der Waals surface area contributed by atoms with Gasteiger partial charge in [-0.15, -0.1) is 0 Å². The summed E-state index contributed by atoms with van der Waals surface area (Å²) in [5.74, 6) is 0.546. The van der Waals surface area contributed by atoms with Crippen molar-refractivity contribution >= 4 is 23.2 Å². The van der Waals surface area contributed by atoms with Crippen LogP contribution in [0, 0.1) is 17.0 Å². The first-order valence-electron chi connectivity index (χ1n) is 7.29. The third kappa shape index (κ3) is 2.94. The van der Waals surface area contributed by atoms with E-state index >= 15 is 0 Å². The smallest absolute Gasteiger partial charge is 0.288 e. The fraction of sp³-hybridized carbons (Fsp3) is 0.312. The van der Waals surface area contributed by atoms with E-state index in [0.29, 0.717) is 0 Å². The first-order valence-corrected chi connectivity index (χ1v) is 7.67. The predicted molar refractivity (Wildman–Crippen MR) is 84.7 cm³/mol. The molecular weight excluding hydrogens is 320 g/mol. The molecule has 23 heavy (non-hydrogen) atoms. The summed E-state index contributed by atoms with van der Waals surface area (Å²) in [5.41, 5.74) is 1.97. The Morgan fingerprint density at radius 3 is 3.00 bits per heavy atom. The molecule has 0 bridgehead atoms. The molecule has 1 aliphatic carbocycles. The van der Waals surface area contributed by atoms with E-state index in [1.54, 1.807) is 6.26 Å². The average molecular weight is 335 g/mol. The van der Waals surface area contributed by atoms with Crippen molar-refractivity contribution in [1.82, 2.24) is 5.32 Å². The number of furan rings is 1. The van der Waals surface area contributed by atoms with Gasteiger partial charge in [0, 0.05) is 23.6 Å². The SMILES string of the molecule is Cc1coc2c1C(NC(=O)c1ccc(Cl)c([N+](=O)[O-])c1)CCC2. The fourth-order valence-electron chi connectivity index (χ4n) is 2.96. The number of fused-ring (bicyclic) bond motifs is 1. The van der Waals surface area contributed by atoms with Crippen LogP contribution in [0.3, 0.4) is 0 Å². The van der Waals surface area contributed by atoms with Crippen LogP contribution in [0.4, 0.5) is 5.69 Å². The van der Waals surface area contributed by atoms with Crippen LogP contribution in [0.5, 0.6) is 0 Å². The molecule has 0 saturated carbocycles. The van der Waals surface area contributed by atoms with Crippen molar-refractivity contribution in [2.45, 2.75) is 32.2 Å². The van der Waals surface area contributed by atoms with Crippen molar-refractivity contribution in [3.8, 4) is 0 Å². The molecule has 1 amide bonds. The Morgan fingerprint density at radius 1 is 1.48 bits per heavy atom. The van der Waals surface area contributed by atoms with Crippen molar-refractivity contribution in [2.24, 2.45) is 0 Å². The number of nitro groups is 1. The Bertz CT molecular complexity index is 784. The minimum absolute atomic E-state index is 0.0113. The van der Waals surface area contributed by atoms with Crippen LogP contribution >= 0.6 is 11.6 Å². The normalized spacial score (nSPS) is 16.7. The van der Waals surface area contributed by atoms with Crippen LogP contribution in [0.1, 0.15) is 46.1 Å². The molecule has 1 unspecified atom stereocenters. The monoisotopic (exact) mass is 334 g/mol. The summed E-state index contributed by atoms with van der Waals surface area (Å²) in [6.07, 6.45) is 4.30. The first-order chi connectivity index (χ1) is 11.0. The zero-order valence-corrected chi connectivity index (χ0v) is 13.2. The number of benzene rings is 1. The number of hydrogen-bond acceptors (Lipinski definition) is 4. The largest absolute Gasteiger partial charge is 0.469 e. The molecule has 0 radical (unpaired) electrons. The highest BCUT2D eigenvalue weighted by Gasteiger charge is 2.27. The van der Waals surface area contributed by atoms with E-state index in [0.717, 1.165) is 36.1 Å². The number of carbonyl (C=O) groups excluding carboxylic acids is 1. The molecule has 0 spiro atoms. The molecule has 0 fully saturated rings. The summed E-state index contributed by atoms with van der Waals surface area (Å²) in [7, 11) is 0. The standard InChI is InChI=1S/C16H15ClN2O4/c1-9-8-23-14-4-2-3-12(15(9)14)18-16(20)10-5-6-11(17)13(7-10)19(21)22/h5-8,12H,2-4H2,1H3,(H,18,20). The molecule has 0 aliphatic heterocycles. The van der Waals surface area contributed by atoms with E-state index in [1.807, 2.05) is 6.92 Å². The second-order valence-corrected chi connectivity index (χ2v) is 6.00. The number of nitro benzene ring substituents is 1. The highest BCUT2D eigenvalue weighted by atomic mass is 35.5. The summed E-state index contributed by atoms with van der Waals surface area (Å²) >= 11 is 5.78. The fourth-order valence-corrected chi connectivity index (χ4v) is 3.15. The number of amides is 1. The maximum Gasteiger partial charge on any atom is 0.288 e. The molecule has 1 heterocycles. The van der Waals surface area contributed by atoms with E-state index in [4.69, 9.17) is 16.0 Å². The van der Waals surface area contributed by atoms with Gasteiger partial charge < -0.3 is 9.73 Å². The molecule has 7 heteroatoms. The number of rotatable bonds is 3. The molecule has 1 N–H and O–H groups in total. The third-order valence-corrected chi connectivity index (χ3v) is 4.38. The molecule has 2 aromatic rings. The number of halogens is 1. The Kier molecular flexibility index (Phi) is 4.09. The summed E-state index contributed by atoms with van der Waals surface area (Å²) in [6.45, 7) is 1.94. The van der Waals surface area contributed by atoms with E-state index in [9.17, 15) is 14.9 Å². The van der Waals surface area contributed by atoms with E-state index in [1.165, 1.54) is 18.2 Å². The van der Waals surface area contributed by atoms with E-state index in [-0.39, 0.29) is 28.2 Å². The van der Waals surface area contributed by atoms with Gasteiger partial charge in [-0.25, -0.2) is 0 Å². The number of carbonyl (C=O) groups is 1. The van der Waals surface area contributed by atoms with Gasteiger partial charge >= 0.3 is 0 Å². The molecule has 1 aliphatic rings. The molecule has 120 valence electrons. The van der Waals surface area contributed by atoms with Crippen molar-refractivity contribution in [2.75, 3.05) is 0 Å². The van der Waals surface area contributed by atoms with E-state index < -0.39 is 4.92 Å². The van der Waals surface area contributed by atoms with Crippen molar-refractivity contribution in [3.05, 3.63) is 62.0 Å². The van der Waals surface area contributed by atoms with Gasteiger partial charge in [-0.1, -0.05) is 11.6 Å². The summed E-state index contributed by atoms with van der Waals surface area (Å²) in [4.78, 5) is 22.8. The van der Waals surface area contributed by atoms with E-state index in [2.05, 4.69) is 5.32 Å². The van der Waals surface area contributed by atoms with Crippen LogP contribution < -0.4 is 5.32 Å². The lowest BCUT2D eigenvalue weighted by Crippen LogP contribution is -2.31. The van der Waals surface area contributed by atoms with Crippen LogP contribution in [0.15, 0.2) is 28.9 Å². The lowest BCUT2D eigenvalue weighted by molar-refractivity contribution is -0.384. The minimum atomic E-state index is -0.599. The molecule has 1 aromatic heterocycles. The number of nitrogens with zero attached hydrogens (tertiary/aromatic N) is 1. The van der Waals surface area contributed by atoms with Crippen molar-refractivity contribution in [1.29, 1.82) is 0 Å². The van der Waals surface area contributed by atoms with Gasteiger partial charge in [-0.3, -0.25) is 14.9 Å². The first kappa shape index (κ1) is 15.6. The Morgan fingerprint density at radius 2 is 2.26 bits per heavy atom. The average Bonchev–Trinajstić information content (AvgIpc) is 2.90. The molecule has 3 rings (SSSR count). The maximum atomic E-state index is 12.4. The van der Waals surface area contributed by atoms with Gasteiger partial charge in [0.25, 0.3) is 11.6 Å². The third-order valence-electron chi connectivity index (χ3n) is 4.06. The highest BCUT2D eigenvalue weighted by Crippen LogP contribution is 2.34. The zero-order valence-electron chi connectivity index (χ0n) is 12.5. The Labute approximate surface area is 137 Å². The molecule has 0 saturated heterocycles. The zero-order chi connectivity index (χ0) is 16.6. The Hall–Kier alpha value is -2.34. The molecule has 1 atom stereocenters.